The Kier molecular flexibility index (Phi) is 3.94. The number of anilines is 1. The summed E-state index contributed by atoms with van der Waals surface area (Å²) in [5.41, 5.74) is 2.99. The molecule has 0 aliphatic rings. The number of imidazole rings is 1. The molecular weight excluding hydrogens is 298 g/mol. The SMILES string of the molecule is Cc1ccc(Cl)cc1NC(=O)c1cncn1-c1ccccc1. The molecule has 3 aromatic rings. The fourth-order valence-electron chi connectivity index (χ4n) is 2.17. The predicted molar refractivity (Wildman–Crippen MR) is 87.7 cm³/mol. The van der Waals surface area contributed by atoms with E-state index in [1.807, 2.05) is 43.3 Å². The highest BCUT2D eigenvalue weighted by Gasteiger charge is 2.14. The van der Waals surface area contributed by atoms with Crippen LogP contribution in [0.5, 0.6) is 0 Å². The molecule has 0 radical (unpaired) electrons. The number of nitrogens with zero attached hydrogens (tertiary/aromatic N) is 2. The summed E-state index contributed by atoms with van der Waals surface area (Å²) in [6.07, 6.45) is 3.16. The average Bonchev–Trinajstić information content (AvgIpc) is 3.01. The highest BCUT2D eigenvalue weighted by molar-refractivity contribution is 6.31. The molecule has 0 spiro atoms. The Morgan fingerprint density at radius 3 is 2.73 bits per heavy atom. The number of aryl methyl sites for hydroxylation is 1. The lowest BCUT2D eigenvalue weighted by molar-refractivity contribution is 0.102. The van der Waals surface area contributed by atoms with Crippen LogP contribution in [-0.4, -0.2) is 15.5 Å². The molecule has 0 aliphatic carbocycles. The van der Waals surface area contributed by atoms with Gasteiger partial charge in [-0.3, -0.25) is 9.36 Å². The largest absolute Gasteiger partial charge is 0.320 e. The van der Waals surface area contributed by atoms with Crippen LogP contribution in [0.1, 0.15) is 16.1 Å². The fourth-order valence-corrected chi connectivity index (χ4v) is 2.34. The summed E-state index contributed by atoms with van der Waals surface area (Å²) in [6, 6.07) is 15.0. The highest BCUT2D eigenvalue weighted by Crippen LogP contribution is 2.21. The zero-order valence-corrected chi connectivity index (χ0v) is 12.7. The first-order valence-corrected chi connectivity index (χ1v) is 7.18. The van der Waals surface area contributed by atoms with Crippen LogP contribution >= 0.6 is 11.6 Å². The fraction of sp³-hybridized carbons (Fsp3) is 0.0588. The minimum absolute atomic E-state index is 0.230. The minimum Gasteiger partial charge on any atom is -0.320 e. The van der Waals surface area contributed by atoms with E-state index in [0.717, 1.165) is 11.3 Å². The van der Waals surface area contributed by atoms with Crippen LogP contribution in [0.25, 0.3) is 5.69 Å². The molecule has 1 aromatic heterocycles. The molecule has 0 saturated heterocycles. The number of hydrogen-bond donors (Lipinski definition) is 1. The maximum absolute atomic E-state index is 12.5. The second-order valence-corrected chi connectivity index (χ2v) is 5.33. The Balaban J connectivity index is 1.91. The number of para-hydroxylation sites is 1. The Bertz CT molecular complexity index is 812. The van der Waals surface area contributed by atoms with E-state index in [9.17, 15) is 4.79 Å². The zero-order chi connectivity index (χ0) is 15.5. The topological polar surface area (TPSA) is 46.9 Å². The van der Waals surface area contributed by atoms with Crippen LogP contribution in [0.3, 0.4) is 0 Å². The van der Waals surface area contributed by atoms with E-state index in [0.29, 0.717) is 16.4 Å². The summed E-state index contributed by atoms with van der Waals surface area (Å²) in [4.78, 5) is 16.6. The molecule has 2 aromatic carbocycles. The molecule has 0 fully saturated rings. The molecule has 1 amide bonds. The quantitative estimate of drug-likeness (QED) is 0.792. The monoisotopic (exact) mass is 311 g/mol. The lowest BCUT2D eigenvalue weighted by Crippen LogP contribution is -2.16. The Labute approximate surface area is 133 Å². The maximum Gasteiger partial charge on any atom is 0.274 e. The van der Waals surface area contributed by atoms with Crippen molar-refractivity contribution in [3.05, 3.63) is 77.3 Å². The van der Waals surface area contributed by atoms with Gasteiger partial charge in [-0.2, -0.15) is 0 Å². The van der Waals surface area contributed by atoms with Crippen LogP contribution in [0.2, 0.25) is 5.02 Å². The van der Waals surface area contributed by atoms with Crippen molar-refractivity contribution in [2.45, 2.75) is 6.92 Å². The first-order chi connectivity index (χ1) is 10.6. The van der Waals surface area contributed by atoms with E-state index in [1.54, 1.807) is 29.2 Å². The molecule has 3 rings (SSSR count). The van der Waals surface area contributed by atoms with Crippen LogP contribution in [0.15, 0.2) is 61.1 Å². The van der Waals surface area contributed by atoms with Gasteiger partial charge in [0.25, 0.3) is 5.91 Å². The summed E-state index contributed by atoms with van der Waals surface area (Å²) in [7, 11) is 0. The number of nitrogens with one attached hydrogen (secondary N) is 1. The van der Waals surface area contributed by atoms with E-state index >= 15 is 0 Å². The van der Waals surface area contributed by atoms with Crippen molar-refractivity contribution in [3.8, 4) is 5.69 Å². The smallest absolute Gasteiger partial charge is 0.274 e. The van der Waals surface area contributed by atoms with Crippen molar-refractivity contribution in [1.82, 2.24) is 9.55 Å². The van der Waals surface area contributed by atoms with E-state index in [-0.39, 0.29) is 5.91 Å². The maximum atomic E-state index is 12.5. The molecule has 1 N–H and O–H groups in total. The zero-order valence-electron chi connectivity index (χ0n) is 12.0. The number of halogens is 1. The van der Waals surface area contributed by atoms with Crippen molar-refractivity contribution < 1.29 is 4.79 Å². The molecular formula is C17H14ClN3O. The normalized spacial score (nSPS) is 10.5. The summed E-state index contributed by atoms with van der Waals surface area (Å²) >= 11 is 5.98. The molecule has 5 heteroatoms. The van der Waals surface area contributed by atoms with Gasteiger partial charge < -0.3 is 5.32 Å². The molecule has 0 bridgehead atoms. The molecule has 0 atom stereocenters. The van der Waals surface area contributed by atoms with Gasteiger partial charge >= 0.3 is 0 Å². The van der Waals surface area contributed by atoms with Crippen LogP contribution < -0.4 is 5.32 Å². The van der Waals surface area contributed by atoms with Gasteiger partial charge in [0.1, 0.15) is 5.69 Å². The van der Waals surface area contributed by atoms with Crippen molar-refractivity contribution in [2.24, 2.45) is 0 Å². The Morgan fingerprint density at radius 2 is 1.95 bits per heavy atom. The second-order valence-electron chi connectivity index (χ2n) is 4.90. The number of amides is 1. The summed E-state index contributed by atoms with van der Waals surface area (Å²) < 4.78 is 1.75. The number of benzene rings is 2. The third-order valence-electron chi connectivity index (χ3n) is 3.35. The van der Waals surface area contributed by atoms with Crippen molar-refractivity contribution >= 4 is 23.2 Å². The van der Waals surface area contributed by atoms with E-state index < -0.39 is 0 Å². The third-order valence-corrected chi connectivity index (χ3v) is 3.59. The van der Waals surface area contributed by atoms with Gasteiger partial charge in [-0.25, -0.2) is 4.98 Å². The van der Waals surface area contributed by atoms with Gasteiger partial charge in [-0.1, -0.05) is 35.9 Å². The molecule has 0 unspecified atom stereocenters. The van der Waals surface area contributed by atoms with Crippen LogP contribution in [0.4, 0.5) is 5.69 Å². The molecule has 1 heterocycles. The Hall–Kier alpha value is -2.59. The van der Waals surface area contributed by atoms with Crippen LogP contribution in [-0.2, 0) is 0 Å². The average molecular weight is 312 g/mol. The number of hydrogen-bond acceptors (Lipinski definition) is 2. The second kappa shape index (κ2) is 6.03. The summed E-state index contributed by atoms with van der Waals surface area (Å²) in [5.74, 6) is -0.230. The predicted octanol–water partition coefficient (Wildman–Crippen LogP) is 4.09. The number of carbonyl (C=O) groups is 1. The van der Waals surface area contributed by atoms with Crippen molar-refractivity contribution in [3.63, 3.8) is 0 Å². The summed E-state index contributed by atoms with van der Waals surface area (Å²) in [6.45, 7) is 1.92. The van der Waals surface area contributed by atoms with Gasteiger partial charge in [-0.15, -0.1) is 0 Å². The van der Waals surface area contributed by atoms with Crippen molar-refractivity contribution in [2.75, 3.05) is 5.32 Å². The lowest BCUT2D eigenvalue weighted by Gasteiger charge is -2.11. The van der Waals surface area contributed by atoms with Gasteiger partial charge in [-0.05, 0) is 36.8 Å². The number of carbonyl (C=O) groups excluding carboxylic acids is 1. The highest BCUT2D eigenvalue weighted by atomic mass is 35.5. The lowest BCUT2D eigenvalue weighted by atomic mass is 10.2. The standard InChI is InChI=1S/C17H14ClN3O/c1-12-7-8-13(18)9-15(12)20-17(22)16-10-19-11-21(16)14-5-3-2-4-6-14/h2-11H,1H3,(H,20,22). The minimum atomic E-state index is -0.230. The van der Waals surface area contributed by atoms with Gasteiger partial charge in [0.05, 0.1) is 12.5 Å². The van der Waals surface area contributed by atoms with Gasteiger partial charge in [0.2, 0.25) is 0 Å². The molecule has 4 nitrogen and oxygen atoms in total. The van der Waals surface area contributed by atoms with Gasteiger partial charge in [0, 0.05) is 16.4 Å². The molecule has 0 aliphatic heterocycles. The first-order valence-electron chi connectivity index (χ1n) is 6.80. The van der Waals surface area contributed by atoms with Gasteiger partial charge in [0.15, 0.2) is 0 Å². The van der Waals surface area contributed by atoms with Crippen LogP contribution in [0, 0.1) is 6.92 Å². The van der Waals surface area contributed by atoms with Crippen molar-refractivity contribution in [1.29, 1.82) is 0 Å². The summed E-state index contributed by atoms with van der Waals surface area (Å²) in [5, 5.41) is 3.46. The molecule has 0 saturated carbocycles. The third kappa shape index (κ3) is 2.87. The molecule has 110 valence electrons. The Morgan fingerprint density at radius 1 is 1.18 bits per heavy atom. The number of aromatic nitrogens is 2. The van der Waals surface area contributed by atoms with E-state index in [1.165, 1.54) is 0 Å². The van der Waals surface area contributed by atoms with E-state index in [2.05, 4.69) is 10.3 Å². The molecule has 22 heavy (non-hydrogen) atoms. The van der Waals surface area contributed by atoms with E-state index in [4.69, 9.17) is 11.6 Å². The number of rotatable bonds is 3. The first kappa shape index (κ1) is 14.4.